The molecule has 1 unspecified atom stereocenters. The normalized spacial score (nSPS) is 13.0. The molecule has 0 radical (unpaired) electrons. The Morgan fingerprint density at radius 3 is 2.32 bits per heavy atom. The van der Waals surface area contributed by atoms with E-state index in [2.05, 4.69) is 26.0 Å². The van der Waals surface area contributed by atoms with E-state index in [1.54, 1.807) is 12.1 Å². The maximum Gasteiger partial charge on any atom is 0.240 e. The number of alkyl halides is 1. The van der Waals surface area contributed by atoms with E-state index >= 15 is 0 Å². The smallest absolute Gasteiger partial charge is 0.240 e. The van der Waals surface area contributed by atoms with Gasteiger partial charge in [-0.05, 0) is 30.7 Å². The number of amides is 1. The molecule has 0 saturated carbocycles. The fourth-order valence-electron chi connectivity index (χ4n) is 1.43. The Hall–Kier alpha value is -0.920. The van der Waals surface area contributed by atoms with Crippen molar-refractivity contribution in [2.75, 3.05) is 10.6 Å². The number of nitrogens with one attached hydrogen (secondary N) is 2. The first-order chi connectivity index (χ1) is 8.89. The quantitative estimate of drug-likeness (QED) is 0.773. The molecular formula is C12H17BrN2O3S. The van der Waals surface area contributed by atoms with E-state index in [-0.39, 0.29) is 16.8 Å². The van der Waals surface area contributed by atoms with Crippen LogP contribution in [0.25, 0.3) is 0 Å². The van der Waals surface area contributed by atoms with Crippen LogP contribution in [-0.4, -0.2) is 25.7 Å². The van der Waals surface area contributed by atoms with Gasteiger partial charge in [-0.3, -0.25) is 4.79 Å². The van der Waals surface area contributed by atoms with E-state index in [0.29, 0.717) is 17.4 Å². The number of carbonyl (C=O) groups excluding carboxylic acids is 1. The van der Waals surface area contributed by atoms with Gasteiger partial charge in [0.15, 0.2) is 0 Å². The van der Waals surface area contributed by atoms with Crippen molar-refractivity contribution in [3.8, 4) is 0 Å². The first-order valence-corrected chi connectivity index (χ1v) is 8.45. The van der Waals surface area contributed by atoms with Crippen molar-refractivity contribution in [1.82, 2.24) is 4.72 Å². The van der Waals surface area contributed by atoms with Gasteiger partial charge in [-0.25, -0.2) is 13.1 Å². The van der Waals surface area contributed by atoms with Gasteiger partial charge in [0.05, 0.1) is 4.90 Å². The Morgan fingerprint density at radius 2 is 1.89 bits per heavy atom. The molecule has 1 atom stereocenters. The maximum absolute atomic E-state index is 12.1. The van der Waals surface area contributed by atoms with Gasteiger partial charge >= 0.3 is 0 Å². The third kappa shape index (κ3) is 4.93. The Kier molecular flexibility index (Phi) is 5.96. The summed E-state index contributed by atoms with van der Waals surface area (Å²) in [7, 11) is -3.52. The van der Waals surface area contributed by atoms with E-state index in [9.17, 15) is 13.2 Å². The van der Waals surface area contributed by atoms with Gasteiger partial charge in [-0.2, -0.15) is 0 Å². The Morgan fingerprint density at radius 1 is 1.32 bits per heavy atom. The molecule has 106 valence electrons. The minimum atomic E-state index is -3.52. The third-order valence-corrected chi connectivity index (χ3v) is 4.80. The molecule has 0 bridgehead atoms. The fraction of sp³-hybridized carbons (Fsp3) is 0.417. The molecule has 0 aliphatic rings. The first kappa shape index (κ1) is 16.1. The lowest BCUT2D eigenvalue weighted by molar-refractivity contribution is -0.114. The third-order valence-electron chi connectivity index (χ3n) is 2.49. The van der Waals surface area contributed by atoms with Crippen LogP contribution in [-0.2, 0) is 14.8 Å². The SMILES string of the molecule is CCC(CBr)NS(=O)(=O)c1ccc(NC(C)=O)cc1. The summed E-state index contributed by atoms with van der Waals surface area (Å²) in [5.74, 6) is -0.195. The predicted octanol–water partition coefficient (Wildman–Crippen LogP) is 2.10. The lowest BCUT2D eigenvalue weighted by Gasteiger charge is -2.14. The molecule has 0 heterocycles. The molecule has 0 aliphatic carbocycles. The number of sulfonamides is 1. The van der Waals surface area contributed by atoms with Crippen molar-refractivity contribution in [1.29, 1.82) is 0 Å². The molecule has 0 fully saturated rings. The van der Waals surface area contributed by atoms with Crippen LogP contribution in [0.15, 0.2) is 29.2 Å². The minimum Gasteiger partial charge on any atom is -0.326 e. The number of hydrogen-bond donors (Lipinski definition) is 2. The van der Waals surface area contributed by atoms with Gasteiger partial charge in [0.1, 0.15) is 0 Å². The summed E-state index contributed by atoms with van der Waals surface area (Å²) >= 11 is 3.27. The summed E-state index contributed by atoms with van der Waals surface area (Å²) in [4.78, 5) is 11.1. The van der Waals surface area contributed by atoms with Gasteiger partial charge < -0.3 is 5.32 Å². The predicted molar refractivity (Wildman–Crippen MR) is 78.9 cm³/mol. The zero-order chi connectivity index (χ0) is 14.5. The van der Waals surface area contributed by atoms with Gasteiger partial charge in [0.2, 0.25) is 15.9 Å². The van der Waals surface area contributed by atoms with E-state index in [4.69, 9.17) is 0 Å². The largest absolute Gasteiger partial charge is 0.326 e. The highest BCUT2D eigenvalue weighted by Crippen LogP contribution is 2.15. The second kappa shape index (κ2) is 7.02. The second-order valence-corrected chi connectivity index (χ2v) is 6.45. The van der Waals surface area contributed by atoms with Crippen LogP contribution in [0.3, 0.4) is 0 Å². The highest BCUT2D eigenvalue weighted by atomic mass is 79.9. The van der Waals surface area contributed by atoms with Crippen LogP contribution in [0.4, 0.5) is 5.69 Å². The summed E-state index contributed by atoms with van der Waals surface area (Å²) < 4.78 is 26.8. The molecule has 1 aromatic carbocycles. The second-order valence-electron chi connectivity index (χ2n) is 4.09. The van der Waals surface area contributed by atoms with E-state index < -0.39 is 10.0 Å². The van der Waals surface area contributed by atoms with Gasteiger partial charge in [0.25, 0.3) is 0 Å². The van der Waals surface area contributed by atoms with E-state index in [0.717, 1.165) is 0 Å². The molecule has 1 aromatic rings. The highest BCUT2D eigenvalue weighted by Gasteiger charge is 2.18. The number of halogens is 1. The van der Waals surface area contributed by atoms with E-state index in [1.165, 1.54) is 19.1 Å². The van der Waals surface area contributed by atoms with Crippen molar-refractivity contribution in [2.24, 2.45) is 0 Å². The van der Waals surface area contributed by atoms with Crippen LogP contribution in [0.5, 0.6) is 0 Å². The average molecular weight is 349 g/mol. The first-order valence-electron chi connectivity index (χ1n) is 5.85. The Balaban J connectivity index is 2.87. The van der Waals surface area contributed by atoms with Crippen molar-refractivity contribution in [3.63, 3.8) is 0 Å². The molecule has 2 N–H and O–H groups in total. The molecule has 0 aromatic heterocycles. The monoisotopic (exact) mass is 348 g/mol. The maximum atomic E-state index is 12.1. The summed E-state index contributed by atoms with van der Waals surface area (Å²) in [5, 5.41) is 3.15. The number of hydrogen-bond acceptors (Lipinski definition) is 3. The highest BCUT2D eigenvalue weighted by molar-refractivity contribution is 9.09. The van der Waals surface area contributed by atoms with Gasteiger partial charge in [-0.1, -0.05) is 22.9 Å². The van der Waals surface area contributed by atoms with Crippen molar-refractivity contribution in [3.05, 3.63) is 24.3 Å². The van der Waals surface area contributed by atoms with Crippen molar-refractivity contribution in [2.45, 2.75) is 31.2 Å². The lowest BCUT2D eigenvalue weighted by atomic mass is 10.3. The molecule has 5 nitrogen and oxygen atoms in total. The number of benzene rings is 1. The number of anilines is 1. The van der Waals surface area contributed by atoms with Crippen LogP contribution < -0.4 is 10.0 Å². The standard InChI is InChI=1S/C12H17BrN2O3S/c1-3-10(8-13)15-19(17,18)12-6-4-11(5-7-12)14-9(2)16/h4-7,10,15H,3,8H2,1-2H3,(H,14,16). The van der Waals surface area contributed by atoms with Crippen molar-refractivity contribution < 1.29 is 13.2 Å². The molecule has 0 saturated heterocycles. The van der Waals surface area contributed by atoms with Gasteiger partial charge in [0, 0.05) is 24.0 Å². The molecule has 0 spiro atoms. The number of carbonyl (C=O) groups is 1. The lowest BCUT2D eigenvalue weighted by Crippen LogP contribution is -2.35. The molecular weight excluding hydrogens is 332 g/mol. The van der Waals surface area contributed by atoms with E-state index in [1.807, 2.05) is 6.92 Å². The average Bonchev–Trinajstić information content (AvgIpc) is 2.36. The Bertz CT molecular complexity index is 524. The zero-order valence-electron chi connectivity index (χ0n) is 10.8. The van der Waals surface area contributed by atoms with Crippen LogP contribution in [0, 0.1) is 0 Å². The minimum absolute atomic E-state index is 0.139. The fourth-order valence-corrected chi connectivity index (χ4v) is 3.59. The van der Waals surface area contributed by atoms with Gasteiger partial charge in [-0.15, -0.1) is 0 Å². The molecule has 1 amide bonds. The summed E-state index contributed by atoms with van der Waals surface area (Å²) in [5.41, 5.74) is 0.569. The summed E-state index contributed by atoms with van der Waals surface area (Å²) in [6.45, 7) is 3.31. The molecule has 0 aliphatic heterocycles. The van der Waals surface area contributed by atoms with Crippen LogP contribution in [0.2, 0.25) is 0 Å². The molecule has 1 rings (SSSR count). The zero-order valence-corrected chi connectivity index (χ0v) is 13.2. The molecule has 7 heteroatoms. The topological polar surface area (TPSA) is 75.3 Å². The summed E-state index contributed by atoms with van der Waals surface area (Å²) in [6, 6.07) is 5.92. The van der Waals surface area contributed by atoms with Crippen molar-refractivity contribution >= 4 is 37.5 Å². The van der Waals surface area contributed by atoms with Crippen LogP contribution in [0.1, 0.15) is 20.3 Å². The summed E-state index contributed by atoms with van der Waals surface area (Å²) in [6.07, 6.45) is 0.703. The van der Waals surface area contributed by atoms with Crippen LogP contribution >= 0.6 is 15.9 Å². The molecule has 19 heavy (non-hydrogen) atoms. The Labute approximate surface area is 122 Å². The number of rotatable bonds is 6.